The smallest absolute Gasteiger partial charge is 0.0334 e. The van der Waals surface area contributed by atoms with Crippen LogP contribution in [0, 0.1) is 9.49 Å². The monoisotopic (exact) mass is 421 g/mol. The highest BCUT2D eigenvalue weighted by atomic mass is 127. The molecule has 2 rings (SSSR count). The van der Waals surface area contributed by atoms with Crippen LogP contribution in [0.5, 0.6) is 0 Å². The maximum Gasteiger partial charge on any atom is 0.0334 e. The second kappa shape index (κ2) is 7.25. The summed E-state index contributed by atoms with van der Waals surface area (Å²) in [6.07, 6.45) is 6.76. The summed E-state index contributed by atoms with van der Waals surface area (Å²) in [5, 5.41) is 3.72. The van der Waals surface area contributed by atoms with Gasteiger partial charge >= 0.3 is 0 Å². The molecule has 0 heterocycles. The van der Waals surface area contributed by atoms with Gasteiger partial charge in [0.25, 0.3) is 0 Å². The van der Waals surface area contributed by atoms with Crippen molar-refractivity contribution in [2.24, 2.45) is 5.92 Å². The Balaban J connectivity index is 2.11. The van der Waals surface area contributed by atoms with Crippen LogP contribution < -0.4 is 5.32 Å². The van der Waals surface area contributed by atoms with Gasteiger partial charge in [-0.2, -0.15) is 0 Å². The van der Waals surface area contributed by atoms with Crippen LogP contribution in [-0.4, -0.2) is 6.54 Å². The van der Waals surface area contributed by atoms with Crippen LogP contribution in [0.3, 0.4) is 0 Å². The standard InChI is InChI=1S/C15H21BrIN/c1-2-8-18-15(9-11-4-3-5-11)13-10-12(17)6-7-14(13)16/h6-7,10-11,15,18H,2-5,8-9H2,1H3. The third kappa shape index (κ3) is 3.94. The molecule has 100 valence electrons. The summed E-state index contributed by atoms with van der Waals surface area (Å²) in [5.41, 5.74) is 1.43. The van der Waals surface area contributed by atoms with E-state index in [1.807, 2.05) is 0 Å². The van der Waals surface area contributed by atoms with Crippen molar-refractivity contribution in [3.63, 3.8) is 0 Å². The molecule has 1 aliphatic rings. The van der Waals surface area contributed by atoms with E-state index < -0.39 is 0 Å². The van der Waals surface area contributed by atoms with E-state index in [4.69, 9.17) is 0 Å². The summed E-state index contributed by atoms with van der Waals surface area (Å²) in [7, 11) is 0. The molecule has 0 spiro atoms. The minimum Gasteiger partial charge on any atom is -0.310 e. The Morgan fingerprint density at radius 2 is 2.22 bits per heavy atom. The topological polar surface area (TPSA) is 12.0 Å². The predicted octanol–water partition coefficient (Wildman–Crippen LogP) is 5.28. The van der Waals surface area contributed by atoms with Crippen molar-refractivity contribution in [3.8, 4) is 0 Å². The van der Waals surface area contributed by atoms with Crippen LogP contribution in [0.15, 0.2) is 22.7 Å². The second-order valence-corrected chi connectivity index (χ2v) is 7.31. The van der Waals surface area contributed by atoms with Crippen LogP contribution in [0.1, 0.15) is 50.6 Å². The fourth-order valence-corrected chi connectivity index (χ4v) is 3.52. The molecule has 1 atom stereocenters. The molecular weight excluding hydrogens is 401 g/mol. The summed E-state index contributed by atoms with van der Waals surface area (Å²) in [4.78, 5) is 0. The van der Waals surface area contributed by atoms with E-state index in [1.54, 1.807) is 0 Å². The molecule has 0 aromatic heterocycles. The van der Waals surface area contributed by atoms with E-state index in [9.17, 15) is 0 Å². The summed E-state index contributed by atoms with van der Waals surface area (Å²) in [6.45, 7) is 3.34. The minimum absolute atomic E-state index is 0.513. The third-order valence-electron chi connectivity index (χ3n) is 3.77. The average Bonchev–Trinajstić information content (AvgIpc) is 2.31. The number of hydrogen-bond acceptors (Lipinski definition) is 1. The number of rotatable bonds is 6. The van der Waals surface area contributed by atoms with E-state index in [1.165, 1.54) is 45.7 Å². The molecule has 1 aliphatic carbocycles. The van der Waals surface area contributed by atoms with Gasteiger partial charge in [0.2, 0.25) is 0 Å². The zero-order valence-corrected chi connectivity index (χ0v) is 14.6. The fourth-order valence-electron chi connectivity index (χ4n) is 2.48. The minimum atomic E-state index is 0.513. The lowest BCUT2D eigenvalue weighted by Crippen LogP contribution is -2.27. The maximum absolute atomic E-state index is 3.72. The SMILES string of the molecule is CCCNC(CC1CCC1)c1cc(I)ccc1Br. The first kappa shape index (κ1) is 14.8. The normalized spacial score (nSPS) is 17.5. The van der Waals surface area contributed by atoms with Crippen molar-refractivity contribution in [2.45, 2.75) is 45.1 Å². The number of halogens is 2. The van der Waals surface area contributed by atoms with Crippen molar-refractivity contribution in [2.75, 3.05) is 6.54 Å². The highest BCUT2D eigenvalue weighted by Crippen LogP contribution is 2.37. The zero-order chi connectivity index (χ0) is 13.0. The first-order valence-corrected chi connectivity index (χ1v) is 8.76. The van der Waals surface area contributed by atoms with E-state index in [2.05, 4.69) is 69.0 Å². The van der Waals surface area contributed by atoms with Crippen molar-refractivity contribution < 1.29 is 0 Å². The molecule has 1 aromatic carbocycles. The molecule has 1 fully saturated rings. The van der Waals surface area contributed by atoms with E-state index in [0.29, 0.717) is 6.04 Å². The van der Waals surface area contributed by atoms with Gasteiger partial charge < -0.3 is 5.32 Å². The van der Waals surface area contributed by atoms with Gasteiger partial charge in [-0.1, -0.05) is 42.1 Å². The lowest BCUT2D eigenvalue weighted by Gasteiger charge is -2.31. The van der Waals surface area contributed by atoms with Crippen LogP contribution in [0.4, 0.5) is 0 Å². The largest absolute Gasteiger partial charge is 0.310 e. The molecule has 0 amide bonds. The molecule has 0 aliphatic heterocycles. The van der Waals surface area contributed by atoms with Crippen LogP contribution >= 0.6 is 38.5 Å². The number of nitrogens with one attached hydrogen (secondary N) is 1. The molecule has 0 saturated heterocycles. The van der Waals surface area contributed by atoms with Gasteiger partial charge in [0.15, 0.2) is 0 Å². The first-order valence-electron chi connectivity index (χ1n) is 6.89. The molecule has 1 aromatic rings. The lowest BCUT2D eigenvalue weighted by atomic mass is 9.79. The molecule has 1 nitrogen and oxygen atoms in total. The lowest BCUT2D eigenvalue weighted by molar-refractivity contribution is 0.261. The number of hydrogen-bond donors (Lipinski definition) is 1. The summed E-state index contributed by atoms with van der Waals surface area (Å²) < 4.78 is 2.57. The Bertz CT molecular complexity index is 390. The van der Waals surface area contributed by atoms with Crippen LogP contribution in [0.2, 0.25) is 0 Å². The van der Waals surface area contributed by atoms with Gasteiger partial charge in [-0.25, -0.2) is 0 Å². The highest BCUT2D eigenvalue weighted by Gasteiger charge is 2.23. The van der Waals surface area contributed by atoms with Gasteiger partial charge in [0, 0.05) is 14.1 Å². The van der Waals surface area contributed by atoms with Gasteiger partial charge in [-0.05, 0) is 71.7 Å². The average molecular weight is 422 g/mol. The molecule has 1 saturated carbocycles. The quantitative estimate of drug-likeness (QED) is 0.615. The predicted molar refractivity (Wildman–Crippen MR) is 89.9 cm³/mol. The molecule has 18 heavy (non-hydrogen) atoms. The van der Waals surface area contributed by atoms with Crippen molar-refractivity contribution >= 4 is 38.5 Å². The van der Waals surface area contributed by atoms with Gasteiger partial charge in [-0.3, -0.25) is 0 Å². The first-order chi connectivity index (χ1) is 8.70. The molecule has 1 unspecified atom stereocenters. The molecular formula is C15H21BrIN. The Hall–Kier alpha value is 0.390. The van der Waals surface area contributed by atoms with Crippen LogP contribution in [0.25, 0.3) is 0 Å². The molecule has 3 heteroatoms. The fraction of sp³-hybridized carbons (Fsp3) is 0.600. The summed E-state index contributed by atoms with van der Waals surface area (Å²) >= 11 is 6.11. The molecule has 1 N–H and O–H groups in total. The number of benzene rings is 1. The third-order valence-corrected chi connectivity index (χ3v) is 5.16. The maximum atomic E-state index is 3.72. The Kier molecular flexibility index (Phi) is 5.96. The Morgan fingerprint density at radius 3 is 2.83 bits per heavy atom. The van der Waals surface area contributed by atoms with Crippen molar-refractivity contribution in [1.82, 2.24) is 5.32 Å². The van der Waals surface area contributed by atoms with Gasteiger partial charge in [0.1, 0.15) is 0 Å². The Morgan fingerprint density at radius 1 is 1.44 bits per heavy atom. The molecule has 0 radical (unpaired) electrons. The van der Waals surface area contributed by atoms with Gasteiger partial charge in [0.05, 0.1) is 0 Å². The second-order valence-electron chi connectivity index (χ2n) is 5.21. The van der Waals surface area contributed by atoms with E-state index in [0.717, 1.165) is 12.5 Å². The zero-order valence-electron chi connectivity index (χ0n) is 10.9. The van der Waals surface area contributed by atoms with E-state index in [-0.39, 0.29) is 0 Å². The summed E-state index contributed by atoms with van der Waals surface area (Å²) in [5.74, 6) is 0.934. The van der Waals surface area contributed by atoms with Crippen molar-refractivity contribution in [3.05, 3.63) is 31.8 Å². The van der Waals surface area contributed by atoms with Gasteiger partial charge in [-0.15, -0.1) is 0 Å². The van der Waals surface area contributed by atoms with Crippen LogP contribution in [-0.2, 0) is 0 Å². The van der Waals surface area contributed by atoms with Crippen molar-refractivity contribution in [1.29, 1.82) is 0 Å². The summed E-state index contributed by atoms with van der Waals surface area (Å²) in [6, 6.07) is 7.17. The highest BCUT2D eigenvalue weighted by molar-refractivity contribution is 14.1. The molecule has 0 bridgehead atoms. The Labute approximate surface area is 132 Å². The van der Waals surface area contributed by atoms with E-state index >= 15 is 0 Å².